The molecule has 3 rings (SSSR count). The van der Waals surface area contributed by atoms with Crippen LogP contribution in [0.4, 0.5) is 4.79 Å². The highest BCUT2D eigenvalue weighted by Gasteiger charge is 2.69. The van der Waals surface area contributed by atoms with E-state index in [1.54, 1.807) is 70.1 Å². The maximum absolute atomic E-state index is 14.2. The van der Waals surface area contributed by atoms with Crippen LogP contribution in [-0.4, -0.2) is 89.3 Å². The van der Waals surface area contributed by atoms with Gasteiger partial charge in [0.15, 0.2) is 11.6 Å². The smallest absolute Gasteiger partial charge is 0.408 e. The zero-order valence-corrected chi connectivity index (χ0v) is 33.1. The van der Waals surface area contributed by atoms with Gasteiger partial charge in [0.05, 0.1) is 6.04 Å². The summed E-state index contributed by atoms with van der Waals surface area (Å²) >= 11 is 0. The summed E-state index contributed by atoms with van der Waals surface area (Å²) in [4.78, 5) is 97.3. The lowest BCUT2D eigenvalue weighted by atomic mass is 9.83. The number of amides is 4. The fourth-order valence-electron chi connectivity index (χ4n) is 7.34. The molecular formula is C40H60N4O8. The number of carbonyl (C=O) groups is 7. The second-order valence-electron chi connectivity index (χ2n) is 17.5. The Hall–Kier alpha value is -4.09. The van der Waals surface area contributed by atoms with Crippen molar-refractivity contribution >= 4 is 41.2 Å². The van der Waals surface area contributed by atoms with Crippen LogP contribution in [0.3, 0.4) is 0 Å². The topological polar surface area (TPSA) is 159 Å². The van der Waals surface area contributed by atoms with Crippen LogP contribution >= 0.6 is 0 Å². The zero-order chi connectivity index (χ0) is 39.5. The molecule has 12 heteroatoms. The van der Waals surface area contributed by atoms with Crippen LogP contribution in [0, 0.1) is 34.5 Å². The number of benzene rings is 1. The van der Waals surface area contributed by atoms with Gasteiger partial charge in [-0.25, -0.2) is 4.79 Å². The Morgan fingerprint density at radius 1 is 0.942 bits per heavy atom. The molecule has 0 spiro atoms. The molecule has 4 amide bonds. The van der Waals surface area contributed by atoms with Crippen molar-refractivity contribution in [3.8, 4) is 0 Å². The highest BCUT2D eigenvalue weighted by molar-refractivity contribution is 6.38. The van der Waals surface area contributed by atoms with Gasteiger partial charge in [0.1, 0.15) is 17.7 Å². The average molecular weight is 725 g/mol. The van der Waals surface area contributed by atoms with Crippen LogP contribution in [-0.2, 0) is 33.5 Å². The molecule has 1 saturated carbocycles. The van der Waals surface area contributed by atoms with Crippen LogP contribution in [0.1, 0.15) is 107 Å². The number of carbonyl (C=O) groups excluding carboxylic acids is 7. The summed E-state index contributed by atoms with van der Waals surface area (Å²) in [5.74, 6) is -4.94. The number of hydrogen-bond donors (Lipinski definition) is 2. The maximum atomic E-state index is 14.2. The first-order valence-electron chi connectivity index (χ1n) is 18.4. The van der Waals surface area contributed by atoms with Gasteiger partial charge in [0.25, 0.3) is 0 Å². The Balaban J connectivity index is 1.77. The summed E-state index contributed by atoms with van der Waals surface area (Å²) in [7, 11) is 3.17. The van der Waals surface area contributed by atoms with Crippen molar-refractivity contribution in [3.05, 3.63) is 35.9 Å². The summed E-state index contributed by atoms with van der Waals surface area (Å²) in [6.07, 6.45) is -0.516. The van der Waals surface area contributed by atoms with Crippen molar-refractivity contribution in [1.29, 1.82) is 0 Å². The number of Topliss-reactive ketones (excluding diaryl/α,β-unsaturated/α-hetero) is 3. The first-order chi connectivity index (χ1) is 23.9. The van der Waals surface area contributed by atoms with Gasteiger partial charge in [0.2, 0.25) is 23.5 Å². The van der Waals surface area contributed by atoms with E-state index >= 15 is 0 Å². The predicted molar refractivity (Wildman–Crippen MR) is 197 cm³/mol. The molecule has 0 radical (unpaired) electrons. The Labute approximate surface area is 309 Å². The molecular weight excluding hydrogens is 664 g/mol. The van der Waals surface area contributed by atoms with Crippen LogP contribution in [0.2, 0.25) is 0 Å². The molecule has 2 fully saturated rings. The minimum atomic E-state index is -0.977. The van der Waals surface area contributed by atoms with Crippen molar-refractivity contribution < 1.29 is 38.3 Å². The molecule has 0 bridgehead atoms. The summed E-state index contributed by atoms with van der Waals surface area (Å²) in [5.41, 5.74) is -1.09. The molecule has 1 saturated heterocycles. The first kappa shape index (κ1) is 42.3. The number of likely N-dealkylation sites (N-methyl/N-ethyl adjacent to an activating group) is 1. The fourth-order valence-corrected chi connectivity index (χ4v) is 7.34. The van der Waals surface area contributed by atoms with Crippen LogP contribution in [0.25, 0.3) is 0 Å². The quantitative estimate of drug-likeness (QED) is 0.242. The zero-order valence-electron chi connectivity index (χ0n) is 33.1. The standard InChI is InChI=1S/C40H60N4O8/c1-13-17-25(32(47)28(46)20-23(2)34(48)41-30(35(49)43(11)12)24-18-15-14-16-19-24)21-27(45)31-29-26(40(29,9)10)22-44(31)36(50)33(38(3,4)5)42-37(51)52-39(6,7)8/h14-16,18-19,23,25-26,29-31,33H,13,17,20-22H2,1-12H3,(H,41,48)(H,42,51)/t23-,25?,26+,29+,30+,31-,33-/m1/s1. The number of ketones is 3. The number of nitrogens with zero attached hydrogens (tertiary/aromatic N) is 2. The second kappa shape index (κ2) is 16.3. The molecule has 0 aromatic heterocycles. The second-order valence-corrected chi connectivity index (χ2v) is 17.5. The molecule has 7 atom stereocenters. The number of rotatable bonds is 15. The average Bonchev–Trinajstić information content (AvgIpc) is 3.34. The Bertz CT molecular complexity index is 1520. The Morgan fingerprint density at radius 3 is 2.06 bits per heavy atom. The van der Waals surface area contributed by atoms with Crippen LogP contribution in [0.15, 0.2) is 30.3 Å². The normalized spacial score (nSPS) is 21.5. The van der Waals surface area contributed by atoms with Crippen molar-refractivity contribution in [2.24, 2.45) is 34.5 Å². The summed E-state index contributed by atoms with van der Waals surface area (Å²) in [6.45, 7) is 18.5. The van der Waals surface area contributed by atoms with E-state index in [1.807, 2.05) is 27.7 Å². The molecule has 288 valence electrons. The van der Waals surface area contributed by atoms with Crippen LogP contribution in [0.5, 0.6) is 0 Å². The van der Waals surface area contributed by atoms with Gasteiger partial charge in [-0.05, 0) is 55.4 Å². The third-order valence-electron chi connectivity index (χ3n) is 10.4. The molecule has 1 aliphatic carbocycles. The largest absolute Gasteiger partial charge is 0.444 e. The fraction of sp³-hybridized carbons (Fsp3) is 0.675. The van der Waals surface area contributed by atoms with Crippen molar-refractivity contribution in [1.82, 2.24) is 20.4 Å². The van der Waals surface area contributed by atoms with Gasteiger partial charge in [-0.3, -0.25) is 28.8 Å². The highest BCUT2D eigenvalue weighted by Crippen LogP contribution is 2.65. The summed E-state index contributed by atoms with van der Waals surface area (Å²) in [5, 5.41) is 5.48. The third kappa shape index (κ3) is 10.1. The number of nitrogens with one attached hydrogen (secondary N) is 2. The third-order valence-corrected chi connectivity index (χ3v) is 10.4. The van der Waals surface area contributed by atoms with Crippen molar-refractivity contribution in [2.75, 3.05) is 20.6 Å². The van der Waals surface area contributed by atoms with E-state index < -0.39 is 70.5 Å². The van der Waals surface area contributed by atoms with Gasteiger partial charge < -0.3 is 25.2 Å². The molecule has 2 aliphatic rings. The number of alkyl carbamates (subject to hydrolysis) is 1. The van der Waals surface area contributed by atoms with Crippen molar-refractivity contribution in [3.63, 3.8) is 0 Å². The van der Waals surface area contributed by atoms with E-state index in [-0.39, 0.29) is 48.2 Å². The summed E-state index contributed by atoms with van der Waals surface area (Å²) in [6, 6.07) is 6.01. The van der Waals surface area contributed by atoms with Gasteiger partial charge in [-0.15, -0.1) is 0 Å². The van der Waals surface area contributed by atoms with E-state index in [9.17, 15) is 33.6 Å². The van der Waals surface area contributed by atoms with Crippen LogP contribution < -0.4 is 10.6 Å². The molecule has 1 aromatic carbocycles. The van der Waals surface area contributed by atoms with Crippen molar-refractivity contribution in [2.45, 2.75) is 119 Å². The molecule has 1 heterocycles. The number of piperidine rings is 1. The monoisotopic (exact) mass is 724 g/mol. The van der Waals surface area contributed by atoms with E-state index in [4.69, 9.17) is 4.74 Å². The van der Waals surface area contributed by atoms with E-state index in [0.29, 0.717) is 18.5 Å². The molecule has 1 aliphatic heterocycles. The van der Waals surface area contributed by atoms with E-state index in [2.05, 4.69) is 24.5 Å². The SMILES string of the molecule is CCCC(CC(=O)[C@@H]1[C@@H]2[C@H](CN1C(=O)[C@@H](NC(=O)OC(C)(C)C)C(C)(C)C)C2(C)C)C(=O)C(=O)C[C@@H](C)C(=O)N[C@H](C(=O)N(C)C)c1ccccc1. The summed E-state index contributed by atoms with van der Waals surface area (Å²) < 4.78 is 5.44. The minimum Gasteiger partial charge on any atom is -0.444 e. The van der Waals surface area contributed by atoms with Gasteiger partial charge in [-0.2, -0.15) is 0 Å². The lowest BCUT2D eigenvalue weighted by molar-refractivity contribution is -0.145. The Morgan fingerprint density at radius 2 is 1.54 bits per heavy atom. The Kier molecular flexibility index (Phi) is 13.3. The minimum absolute atomic E-state index is 0.0768. The number of ether oxygens (including phenoxy) is 1. The maximum Gasteiger partial charge on any atom is 0.408 e. The van der Waals surface area contributed by atoms with Gasteiger partial charge >= 0.3 is 6.09 Å². The molecule has 1 aromatic rings. The first-order valence-corrected chi connectivity index (χ1v) is 18.4. The van der Waals surface area contributed by atoms with E-state index in [0.717, 1.165) is 0 Å². The van der Waals surface area contributed by atoms with Gasteiger partial charge in [0, 0.05) is 45.3 Å². The molecule has 2 N–H and O–H groups in total. The molecule has 52 heavy (non-hydrogen) atoms. The molecule has 1 unspecified atom stereocenters. The lowest BCUT2D eigenvalue weighted by Crippen LogP contribution is -2.58. The molecule has 12 nitrogen and oxygen atoms in total. The van der Waals surface area contributed by atoms with Gasteiger partial charge in [-0.1, -0.05) is 85.2 Å². The van der Waals surface area contributed by atoms with E-state index in [1.165, 1.54) is 11.8 Å². The lowest BCUT2D eigenvalue weighted by Gasteiger charge is -2.38. The number of fused-ring (bicyclic) bond motifs is 1. The number of likely N-dealkylation sites (tertiary alicyclic amines) is 1. The number of hydrogen-bond acceptors (Lipinski definition) is 8. The predicted octanol–water partition coefficient (Wildman–Crippen LogP) is 4.89. The highest BCUT2D eigenvalue weighted by atomic mass is 16.6.